The molecule has 0 atom stereocenters. The summed E-state index contributed by atoms with van der Waals surface area (Å²) in [4.78, 5) is 26.6. The van der Waals surface area contributed by atoms with Gasteiger partial charge in [0.15, 0.2) is 0 Å². The Bertz CT molecular complexity index is 944. The maximum Gasteiger partial charge on any atom is 0.573 e. The van der Waals surface area contributed by atoms with Crippen LogP contribution in [-0.2, 0) is 16.1 Å². The Morgan fingerprint density at radius 1 is 1.06 bits per heavy atom. The van der Waals surface area contributed by atoms with Gasteiger partial charge in [0.05, 0.1) is 12.2 Å². The number of likely N-dealkylation sites (tertiary alicyclic amines) is 1. The van der Waals surface area contributed by atoms with E-state index in [9.17, 15) is 27.9 Å². The second-order valence-electron chi connectivity index (χ2n) is 7.49. The third-order valence-electron chi connectivity index (χ3n) is 5.16. The van der Waals surface area contributed by atoms with Crippen LogP contribution < -0.4 is 15.4 Å². The molecular formula is C22H24F3N3O4. The first kappa shape index (κ1) is 23.4. The van der Waals surface area contributed by atoms with Crippen molar-refractivity contribution in [1.82, 2.24) is 10.2 Å². The van der Waals surface area contributed by atoms with Crippen molar-refractivity contribution in [3.8, 4) is 11.5 Å². The largest absolute Gasteiger partial charge is 0.573 e. The quantitative estimate of drug-likeness (QED) is 0.563. The van der Waals surface area contributed by atoms with Crippen LogP contribution in [-0.4, -0.2) is 47.8 Å². The minimum absolute atomic E-state index is 0.00263. The van der Waals surface area contributed by atoms with Gasteiger partial charge in [-0.3, -0.25) is 14.5 Å². The van der Waals surface area contributed by atoms with Crippen LogP contribution in [0.15, 0.2) is 48.5 Å². The van der Waals surface area contributed by atoms with Crippen LogP contribution in [0.1, 0.15) is 18.4 Å². The zero-order chi connectivity index (χ0) is 23.1. The molecule has 0 unspecified atom stereocenters. The van der Waals surface area contributed by atoms with Crippen LogP contribution in [0.4, 0.5) is 18.9 Å². The molecule has 7 nitrogen and oxygen atoms in total. The molecule has 3 N–H and O–H groups in total. The van der Waals surface area contributed by atoms with E-state index in [0.29, 0.717) is 31.6 Å². The Kier molecular flexibility index (Phi) is 7.57. The fourth-order valence-electron chi connectivity index (χ4n) is 3.49. The first-order valence-electron chi connectivity index (χ1n) is 10.1. The summed E-state index contributed by atoms with van der Waals surface area (Å²) < 4.78 is 41.5. The zero-order valence-electron chi connectivity index (χ0n) is 17.2. The Morgan fingerprint density at radius 3 is 2.41 bits per heavy atom. The molecule has 1 aliphatic rings. The number of nitrogens with zero attached hydrogens (tertiary/aromatic N) is 1. The first-order chi connectivity index (χ1) is 15.2. The fraction of sp³-hybridized carbons (Fsp3) is 0.364. The number of hydrogen-bond acceptors (Lipinski definition) is 5. The lowest BCUT2D eigenvalue weighted by molar-refractivity contribution is -0.274. The van der Waals surface area contributed by atoms with Crippen molar-refractivity contribution in [2.45, 2.75) is 25.7 Å². The highest BCUT2D eigenvalue weighted by molar-refractivity contribution is 5.93. The number of benzene rings is 2. The number of rotatable bonds is 7. The van der Waals surface area contributed by atoms with E-state index in [2.05, 4.69) is 15.4 Å². The lowest BCUT2D eigenvalue weighted by Gasteiger charge is -2.30. The van der Waals surface area contributed by atoms with Crippen LogP contribution in [0.2, 0.25) is 0 Å². The van der Waals surface area contributed by atoms with E-state index in [-0.39, 0.29) is 47.9 Å². The molecule has 0 radical (unpaired) electrons. The van der Waals surface area contributed by atoms with Crippen molar-refractivity contribution >= 4 is 17.5 Å². The van der Waals surface area contributed by atoms with Gasteiger partial charge in [-0.2, -0.15) is 0 Å². The summed E-state index contributed by atoms with van der Waals surface area (Å²) in [7, 11) is 0. The summed E-state index contributed by atoms with van der Waals surface area (Å²) in [5.41, 5.74) is 0.576. The molecule has 3 rings (SSSR count). The van der Waals surface area contributed by atoms with Gasteiger partial charge in [-0.15, -0.1) is 13.2 Å². The summed E-state index contributed by atoms with van der Waals surface area (Å²) in [6.07, 6.45) is -3.71. The number of phenolic OH excluding ortho intramolecular Hbond substituents is 1. The molecule has 2 aromatic carbocycles. The number of carbonyl (C=O) groups excluding carboxylic acids is 2. The Morgan fingerprint density at radius 2 is 1.72 bits per heavy atom. The highest BCUT2D eigenvalue weighted by Crippen LogP contribution is 2.26. The minimum Gasteiger partial charge on any atom is -0.506 e. The van der Waals surface area contributed by atoms with Crippen LogP contribution in [0.3, 0.4) is 0 Å². The third kappa shape index (κ3) is 6.88. The SMILES string of the molecule is O=C(CN1CCC(C(=O)Nc2ccccc2O)CC1)NCc1ccccc1OC(F)(F)F. The van der Waals surface area contributed by atoms with E-state index >= 15 is 0 Å². The predicted molar refractivity (Wildman–Crippen MR) is 111 cm³/mol. The van der Waals surface area contributed by atoms with E-state index in [0.717, 1.165) is 0 Å². The number of amides is 2. The molecule has 0 saturated carbocycles. The number of hydrogen-bond donors (Lipinski definition) is 3. The number of phenols is 1. The van der Waals surface area contributed by atoms with Gasteiger partial charge in [0, 0.05) is 18.0 Å². The van der Waals surface area contributed by atoms with Crippen LogP contribution in [0.25, 0.3) is 0 Å². The van der Waals surface area contributed by atoms with Crippen molar-refractivity contribution in [1.29, 1.82) is 0 Å². The van der Waals surface area contributed by atoms with Gasteiger partial charge in [-0.05, 0) is 44.1 Å². The molecule has 1 fully saturated rings. The van der Waals surface area contributed by atoms with Gasteiger partial charge < -0.3 is 20.5 Å². The third-order valence-corrected chi connectivity index (χ3v) is 5.16. The van der Waals surface area contributed by atoms with Gasteiger partial charge in [0.25, 0.3) is 0 Å². The molecule has 0 spiro atoms. The lowest BCUT2D eigenvalue weighted by atomic mass is 9.95. The average Bonchev–Trinajstić information content (AvgIpc) is 2.74. The standard InChI is InChI=1S/C22H24F3N3O4/c23-22(24,25)32-19-8-4-1-5-16(19)13-26-20(30)14-28-11-9-15(10-12-28)21(31)27-17-6-2-3-7-18(17)29/h1-8,15,29H,9-14H2,(H,26,30)(H,27,31). The smallest absolute Gasteiger partial charge is 0.506 e. The number of anilines is 1. The number of halogens is 3. The van der Waals surface area contributed by atoms with E-state index in [1.807, 2.05) is 4.90 Å². The summed E-state index contributed by atoms with van der Waals surface area (Å²) in [5.74, 6) is -1.10. The maximum absolute atomic E-state index is 12.5. The van der Waals surface area contributed by atoms with Gasteiger partial charge in [0.1, 0.15) is 11.5 Å². The van der Waals surface area contributed by atoms with E-state index < -0.39 is 6.36 Å². The Hall–Kier alpha value is -3.27. The van der Waals surface area contributed by atoms with Crippen molar-refractivity contribution in [3.05, 3.63) is 54.1 Å². The normalized spacial score (nSPS) is 15.2. The number of ether oxygens (including phenoxy) is 1. The van der Waals surface area contributed by atoms with E-state index in [1.165, 1.54) is 24.3 Å². The molecule has 0 bridgehead atoms. The van der Waals surface area contributed by atoms with Crippen molar-refractivity contribution in [3.63, 3.8) is 0 Å². The lowest BCUT2D eigenvalue weighted by Crippen LogP contribution is -2.43. The van der Waals surface area contributed by atoms with Crippen molar-refractivity contribution in [2.24, 2.45) is 5.92 Å². The molecule has 0 aromatic heterocycles. The number of aromatic hydroxyl groups is 1. The molecule has 2 amide bonds. The van der Waals surface area contributed by atoms with Crippen LogP contribution in [0, 0.1) is 5.92 Å². The maximum atomic E-state index is 12.5. The zero-order valence-corrected chi connectivity index (χ0v) is 17.2. The van der Waals surface area contributed by atoms with Gasteiger partial charge in [-0.1, -0.05) is 30.3 Å². The van der Waals surface area contributed by atoms with Crippen molar-refractivity contribution < 1.29 is 32.6 Å². The second kappa shape index (κ2) is 10.4. The number of alkyl halides is 3. The second-order valence-corrected chi connectivity index (χ2v) is 7.49. The summed E-state index contributed by atoms with van der Waals surface area (Å²) >= 11 is 0. The van der Waals surface area contributed by atoms with Gasteiger partial charge in [0.2, 0.25) is 11.8 Å². The van der Waals surface area contributed by atoms with Gasteiger partial charge >= 0.3 is 6.36 Å². The molecule has 1 heterocycles. The molecule has 172 valence electrons. The molecule has 10 heteroatoms. The minimum atomic E-state index is -4.81. The highest BCUT2D eigenvalue weighted by Gasteiger charge is 2.32. The summed E-state index contributed by atoms with van der Waals surface area (Å²) in [6.45, 7) is 1.04. The highest BCUT2D eigenvalue weighted by atomic mass is 19.4. The molecule has 0 aliphatic carbocycles. The number of para-hydroxylation sites is 3. The van der Waals surface area contributed by atoms with E-state index in [4.69, 9.17) is 0 Å². The molecule has 32 heavy (non-hydrogen) atoms. The van der Waals surface area contributed by atoms with Gasteiger partial charge in [-0.25, -0.2) is 0 Å². The Labute approximate surface area is 183 Å². The average molecular weight is 451 g/mol. The molecule has 1 saturated heterocycles. The van der Waals surface area contributed by atoms with E-state index in [1.54, 1.807) is 24.3 Å². The Balaban J connectivity index is 1.43. The number of piperidine rings is 1. The summed E-state index contributed by atoms with van der Waals surface area (Å²) in [5, 5.41) is 15.1. The monoisotopic (exact) mass is 451 g/mol. The molecule has 2 aromatic rings. The predicted octanol–water partition coefficient (Wildman–Crippen LogP) is 3.26. The first-order valence-corrected chi connectivity index (χ1v) is 10.1. The van der Waals surface area contributed by atoms with Crippen LogP contribution >= 0.6 is 0 Å². The molecule has 1 aliphatic heterocycles. The topological polar surface area (TPSA) is 90.9 Å². The molecular weight excluding hydrogens is 427 g/mol. The summed E-state index contributed by atoms with van der Waals surface area (Å²) in [6, 6.07) is 12.1. The van der Waals surface area contributed by atoms with Crippen molar-refractivity contribution in [2.75, 3.05) is 25.0 Å². The van der Waals surface area contributed by atoms with Crippen LogP contribution in [0.5, 0.6) is 11.5 Å². The number of nitrogens with one attached hydrogen (secondary N) is 2. The fourth-order valence-corrected chi connectivity index (χ4v) is 3.49. The number of carbonyl (C=O) groups is 2.